The van der Waals surface area contributed by atoms with Gasteiger partial charge in [0.25, 0.3) is 0 Å². The first-order chi connectivity index (χ1) is 14.2. The van der Waals surface area contributed by atoms with Crippen LogP contribution in [0.3, 0.4) is 0 Å². The van der Waals surface area contributed by atoms with Crippen LogP contribution in [0, 0.1) is 22.7 Å². The van der Waals surface area contributed by atoms with E-state index in [2.05, 4.69) is 6.92 Å². The van der Waals surface area contributed by atoms with Gasteiger partial charge in [-0.15, -0.1) is 0 Å². The van der Waals surface area contributed by atoms with Crippen LogP contribution in [0.15, 0.2) is 60.7 Å². The van der Waals surface area contributed by atoms with E-state index in [0.717, 1.165) is 24.0 Å². The van der Waals surface area contributed by atoms with Crippen molar-refractivity contribution in [3.63, 3.8) is 0 Å². The van der Waals surface area contributed by atoms with Crippen LogP contribution in [0.4, 0.5) is 0 Å². The third-order valence-electron chi connectivity index (χ3n) is 4.20. The molecule has 0 N–H and O–H groups in total. The smallest absolute Gasteiger partial charge is 0.338 e. The molecular weight excluding hydrogens is 360 g/mol. The van der Waals surface area contributed by atoms with Crippen molar-refractivity contribution >= 4 is 17.6 Å². The van der Waals surface area contributed by atoms with E-state index < -0.39 is 0 Å². The van der Waals surface area contributed by atoms with Gasteiger partial charge in [0, 0.05) is 0 Å². The Morgan fingerprint density at radius 2 is 1.41 bits per heavy atom. The highest BCUT2D eigenvalue weighted by molar-refractivity contribution is 6.21. The quantitative estimate of drug-likeness (QED) is 0.211. The normalized spacial score (nSPS) is 10.1. The minimum absolute atomic E-state index is 0.247. The Labute approximate surface area is 174 Å². The summed E-state index contributed by atoms with van der Waals surface area (Å²) < 4.78 is 5.53. The summed E-state index contributed by atoms with van der Waals surface area (Å²) >= 11 is 0. The first kappa shape index (κ1) is 23.7. The molecule has 0 spiro atoms. The molecule has 0 atom stereocenters. The maximum Gasteiger partial charge on any atom is 0.338 e. The second-order valence-corrected chi connectivity index (χ2v) is 6.46. The zero-order valence-corrected chi connectivity index (χ0v) is 17.0. The SMILES string of the molecule is CCCCCCCCOC(=O)C(=Cc1ccccc1)c1ccccc1.N#CC#N. The molecule has 0 aliphatic carbocycles. The molecule has 2 aromatic rings. The molecule has 0 unspecified atom stereocenters. The summed E-state index contributed by atoms with van der Waals surface area (Å²) in [5.74, 6) is -0.247. The fraction of sp³-hybridized carbons (Fsp3) is 0.320. The van der Waals surface area contributed by atoms with Crippen LogP contribution in [-0.2, 0) is 9.53 Å². The molecule has 0 fully saturated rings. The van der Waals surface area contributed by atoms with Crippen molar-refractivity contribution in [2.45, 2.75) is 45.4 Å². The molecule has 4 heteroatoms. The lowest BCUT2D eigenvalue weighted by Gasteiger charge is -2.09. The molecule has 0 amide bonds. The van der Waals surface area contributed by atoms with Crippen molar-refractivity contribution < 1.29 is 9.53 Å². The van der Waals surface area contributed by atoms with Gasteiger partial charge in [0.15, 0.2) is 12.1 Å². The van der Waals surface area contributed by atoms with Gasteiger partial charge in [-0.25, -0.2) is 4.79 Å². The average Bonchev–Trinajstić information content (AvgIpc) is 2.78. The maximum absolute atomic E-state index is 12.6. The molecule has 2 rings (SSSR count). The van der Waals surface area contributed by atoms with Gasteiger partial charge >= 0.3 is 5.97 Å². The molecule has 0 aliphatic heterocycles. The van der Waals surface area contributed by atoms with Gasteiger partial charge in [-0.1, -0.05) is 99.7 Å². The van der Waals surface area contributed by atoms with E-state index in [1.165, 1.54) is 37.8 Å². The van der Waals surface area contributed by atoms with Crippen molar-refractivity contribution in [3.8, 4) is 12.1 Å². The monoisotopic (exact) mass is 388 g/mol. The minimum atomic E-state index is -0.247. The number of hydrogen-bond donors (Lipinski definition) is 0. The number of ether oxygens (including phenoxy) is 1. The van der Waals surface area contributed by atoms with Crippen molar-refractivity contribution in [1.29, 1.82) is 10.5 Å². The van der Waals surface area contributed by atoms with Gasteiger partial charge in [-0.2, -0.15) is 10.5 Å². The fourth-order valence-electron chi connectivity index (χ4n) is 2.72. The molecule has 0 heterocycles. The zero-order valence-electron chi connectivity index (χ0n) is 17.0. The molecule has 150 valence electrons. The van der Waals surface area contributed by atoms with Crippen molar-refractivity contribution in [2.24, 2.45) is 0 Å². The molecule has 4 nitrogen and oxygen atoms in total. The van der Waals surface area contributed by atoms with Crippen LogP contribution >= 0.6 is 0 Å². The Morgan fingerprint density at radius 1 is 0.862 bits per heavy atom. The average molecular weight is 389 g/mol. The van der Waals surface area contributed by atoms with Gasteiger partial charge < -0.3 is 4.74 Å². The number of esters is 1. The molecule has 0 saturated carbocycles. The lowest BCUT2D eigenvalue weighted by atomic mass is 10.0. The molecule has 0 bridgehead atoms. The number of benzene rings is 2. The van der Waals surface area contributed by atoms with Crippen LogP contribution in [0.5, 0.6) is 0 Å². The summed E-state index contributed by atoms with van der Waals surface area (Å²) in [7, 11) is 0. The van der Waals surface area contributed by atoms with Crippen LogP contribution < -0.4 is 0 Å². The number of hydrogen-bond acceptors (Lipinski definition) is 4. The van der Waals surface area contributed by atoms with E-state index >= 15 is 0 Å². The van der Waals surface area contributed by atoms with Crippen LogP contribution in [-0.4, -0.2) is 12.6 Å². The Kier molecular flexibility index (Phi) is 12.8. The van der Waals surface area contributed by atoms with E-state index in [0.29, 0.717) is 12.2 Å². The Balaban J connectivity index is 0.000000960. The number of nitriles is 2. The molecule has 0 radical (unpaired) electrons. The molecule has 2 aromatic carbocycles. The maximum atomic E-state index is 12.6. The lowest BCUT2D eigenvalue weighted by molar-refractivity contribution is -0.136. The van der Waals surface area contributed by atoms with Gasteiger partial charge in [0.2, 0.25) is 0 Å². The second kappa shape index (κ2) is 15.7. The molecule has 0 aliphatic rings. The highest BCUT2D eigenvalue weighted by Gasteiger charge is 2.13. The zero-order chi connectivity index (χ0) is 21.2. The fourth-order valence-corrected chi connectivity index (χ4v) is 2.72. The molecule has 0 saturated heterocycles. The summed E-state index contributed by atoms with van der Waals surface area (Å²) in [6, 6.07) is 22.1. The first-order valence-electron chi connectivity index (χ1n) is 10.00. The van der Waals surface area contributed by atoms with Crippen molar-refractivity contribution in [2.75, 3.05) is 6.61 Å². The highest BCUT2D eigenvalue weighted by Crippen LogP contribution is 2.20. The van der Waals surface area contributed by atoms with Gasteiger partial charge in [-0.3, -0.25) is 0 Å². The largest absolute Gasteiger partial charge is 0.462 e. The molecule has 29 heavy (non-hydrogen) atoms. The van der Waals surface area contributed by atoms with Crippen molar-refractivity contribution in [1.82, 2.24) is 0 Å². The van der Waals surface area contributed by atoms with Crippen LogP contribution in [0.1, 0.15) is 56.6 Å². The van der Waals surface area contributed by atoms with E-state index in [9.17, 15) is 4.79 Å². The van der Waals surface area contributed by atoms with E-state index in [1.54, 1.807) is 0 Å². The van der Waals surface area contributed by atoms with Gasteiger partial charge in [0.1, 0.15) is 0 Å². The van der Waals surface area contributed by atoms with E-state index in [-0.39, 0.29) is 5.97 Å². The number of nitrogens with zero attached hydrogens (tertiary/aromatic N) is 2. The van der Waals surface area contributed by atoms with Crippen molar-refractivity contribution in [3.05, 3.63) is 71.8 Å². The number of rotatable bonds is 10. The van der Waals surface area contributed by atoms with Crippen LogP contribution in [0.2, 0.25) is 0 Å². The summed E-state index contributed by atoms with van der Waals surface area (Å²) in [5, 5.41) is 14.5. The molecule has 0 aromatic heterocycles. The Hall–Kier alpha value is -3.37. The minimum Gasteiger partial charge on any atom is -0.462 e. The summed E-state index contributed by atoms with van der Waals surface area (Å²) in [6.45, 7) is 2.70. The predicted molar refractivity (Wildman–Crippen MR) is 116 cm³/mol. The van der Waals surface area contributed by atoms with Gasteiger partial charge in [0.05, 0.1) is 12.2 Å². The molecular formula is C25H28N2O2. The third kappa shape index (κ3) is 10.5. The Morgan fingerprint density at radius 3 is 2.00 bits per heavy atom. The van der Waals surface area contributed by atoms with E-state index in [4.69, 9.17) is 15.3 Å². The second-order valence-electron chi connectivity index (χ2n) is 6.46. The predicted octanol–water partition coefficient (Wildman–Crippen LogP) is 6.16. The van der Waals surface area contributed by atoms with Gasteiger partial charge in [-0.05, 0) is 23.6 Å². The Bertz CT molecular complexity index is 803. The summed E-state index contributed by atoms with van der Waals surface area (Å²) in [6.07, 6.45) is 8.99. The topological polar surface area (TPSA) is 73.9 Å². The third-order valence-corrected chi connectivity index (χ3v) is 4.20. The standard InChI is InChI=1S/C23H28O2.C2N2/c1-2-3-4-5-6-13-18-25-23(24)22(21-16-11-8-12-17-21)19-20-14-9-7-10-15-20;3-1-2-4/h7-12,14-17,19H,2-6,13,18H2,1H3;. The number of carbonyl (C=O) groups is 1. The van der Waals surface area contributed by atoms with Crippen LogP contribution in [0.25, 0.3) is 11.6 Å². The first-order valence-corrected chi connectivity index (χ1v) is 10.00. The number of carbonyl (C=O) groups excluding carboxylic acids is 1. The highest BCUT2D eigenvalue weighted by atomic mass is 16.5. The number of unbranched alkanes of at least 4 members (excludes halogenated alkanes) is 5. The summed E-state index contributed by atoms with van der Waals surface area (Å²) in [5.41, 5.74) is 2.50. The summed E-state index contributed by atoms with van der Waals surface area (Å²) in [4.78, 5) is 12.6. The lowest BCUT2D eigenvalue weighted by Crippen LogP contribution is -2.08. The van der Waals surface area contributed by atoms with E-state index in [1.807, 2.05) is 66.7 Å².